The van der Waals surface area contributed by atoms with Gasteiger partial charge < -0.3 is 24.4 Å². The summed E-state index contributed by atoms with van der Waals surface area (Å²) in [6.45, 7) is 4.06. The van der Waals surface area contributed by atoms with Crippen LogP contribution in [0, 0.1) is 33.5 Å². The quantitative estimate of drug-likeness (QED) is 0.0913. The van der Waals surface area contributed by atoms with Crippen LogP contribution < -0.4 is 14.2 Å². The Morgan fingerprint density at radius 1 is 0.855 bits per heavy atom. The molecule has 5 aromatic rings. The minimum atomic E-state index is -1.43. The number of aliphatic hydroxyl groups excluding tert-OH is 1. The van der Waals surface area contributed by atoms with Gasteiger partial charge in [0, 0.05) is 65.7 Å². The van der Waals surface area contributed by atoms with Gasteiger partial charge in [-0.15, -0.1) is 0 Å². The first kappa shape index (κ1) is 44.4. The molecule has 11 nitrogen and oxygen atoms in total. The second-order valence-electron chi connectivity index (χ2n) is 16.2. The van der Waals surface area contributed by atoms with Crippen LogP contribution in [0.4, 0.5) is 0 Å². The van der Waals surface area contributed by atoms with Crippen molar-refractivity contribution >= 4 is 46.6 Å². The second kappa shape index (κ2) is 19.2. The summed E-state index contributed by atoms with van der Waals surface area (Å²) in [5.41, 5.74) is 4.12. The third-order valence-electron chi connectivity index (χ3n) is 11.6. The van der Waals surface area contributed by atoms with Crippen LogP contribution in [0.5, 0.6) is 17.5 Å². The summed E-state index contributed by atoms with van der Waals surface area (Å²) in [4.78, 5) is 30.6. The number of ether oxygens (including phenoxy) is 3. The van der Waals surface area contributed by atoms with Crippen molar-refractivity contribution in [3.63, 3.8) is 0 Å². The van der Waals surface area contributed by atoms with E-state index in [1.807, 2.05) is 72.8 Å². The van der Waals surface area contributed by atoms with Gasteiger partial charge in [-0.2, -0.15) is 15.5 Å². The van der Waals surface area contributed by atoms with Crippen molar-refractivity contribution in [1.29, 1.82) is 10.5 Å². The van der Waals surface area contributed by atoms with Gasteiger partial charge in [-0.3, -0.25) is 14.5 Å². The monoisotopic (exact) mass is 892 g/mol. The molecule has 1 aromatic heterocycles. The van der Waals surface area contributed by atoms with E-state index in [4.69, 9.17) is 49.0 Å². The van der Waals surface area contributed by atoms with Crippen molar-refractivity contribution in [2.45, 2.75) is 52.2 Å². The van der Waals surface area contributed by atoms with E-state index in [-0.39, 0.29) is 59.4 Å². The largest absolute Gasteiger partial charge is 0.492 e. The van der Waals surface area contributed by atoms with Gasteiger partial charge in [-0.05, 0) is 73.7 Å². The molecule has 62 heavy (non-hydrogen) atoms. The molecule has 4 aromatic carbocycles. The molecule has 2 heterocycles. The molecule has 2 fully saturated rings. The first-order valence-electron chi connectivity index (χ1n) is 20.1. The summed E-state index contributed by atoms with van der Waals surface area (Å²) in [6, 6.07) is 29.4. The number of carbonyl (C=O) groups excluding carboxylic acids is 1. The maximum atomic E-state index is 11.9. The highest BCUT2D eigenvalue weighted by Crippen LogP contribution is 2.44. The number of pyridine rings is 1. The fourth-order valence-electron chi connectivity index (χ4n) is 7.98. The molecule has 1 spiro atoms. The third-order valence-corrected chi connectivity index (χ3v) is 12.7. The third kappa shape index (κ3) is 10.0. The number of hydrogen-bond acceptors (Lipinski definition) is 10. The lowest BCUT2D eigenvalue weighted by Gasteiger charge is -2.47. The molecule has 1 aliphatic heterocycles. The fourth-order valence-corrected chi connectivity index (χ4v) is 8.83. The molecule has 14 heteroatoms. The van der Waals surface area contributed by atoms with Gasteiger partial charge in [0.05, 0.1) is 45.3 Å². The van der Waals surface area contributed by atoms with Gasteiger partial charge in [0.2, 0.25) is 11.8 Å². The first-order chi connectivity index (χ1) is 29.8. The number of likely N-dealkylation sites (tertiary alicyclic amines) is 1. The molecule has 0 bridgehead atoms. The number of benzene rings is 4. The topological polar surface area (TPSA) is 166 Å². The number of hydrogen-bond donors (Lipinski definition) is 2. The number of halogens is 3. The Bertz CT molecular complexity index is 2550. The zero-order valence-electron chi connectivity index (χ0n) is 33.9. The molecular weight excluding hydrogens is 851 g/mol. The van der Waals surface area contributed by atoms with Gasteiger partial charge >= 0.3 is 5.97 Å². The van der Waals surface area contributed by atoms with Crippen LogP contribution in [0.15, 0.2) is 84.9 Å². The second-order valence-corrected chi connectivity index (χ2v) is 17.4. The highest BCUT2D eigenvalue weighted by atomic mass is 35.5. The van der Waals surface area contributed by atoms with Gasteiger partial charge in [0.1, 0.15) is 36.4 Å². The first-order valence-corrected chi connectivity index (χ1v) is 21.2. The Morgan fingerprint density at radius 3 is 2.16 bits per heavy atom. The number of carboxylic acids is 1. The molecule has 318 valence electrons. The van der Waals surface area contributed by atoms with Crippen molar-refractivity contribution < 1.29 is 34.0 Å². The number of carboxylic acid groups (broad SMARTS) is 1. The minimum absolute atomic E-state index is 0.0293. The number of aromatic nitrogens is 1. The molecule has 1 atom stereocenters. The van der Waals surface area contributed by atoms with E-state index >= 15 is 0 Å². The maximum absolute atomic E-state index is 11.9. The Morgan fingerprint density at radius 2 is 1.52 bits per heavy atom. The molecule has 0 amide bonds. The number of nitriles is 2. The minimum Gasteiger partial charge on any atom is -0.492 e. The Kier molecular flexibility index (Phi) is 13.7. The predicted molar refractivity (Wildman–Crippen MR) is 235 cm³/mol. The van der Waals surface area contributed by atoms with Crippen LogP contribution in [0.1, 0.15) is 60.4 Å². The lowest BCUT2D eigenvalue weighted by atomic mass is 9.78. The Balaban J connectivity index is 1.05. The molecule has 2 aliphatic rings. The van der Waals surface area contributed by atoms with Crippen LogP contribution in [0.3, 0.4) is 0 Å². The van der Waals surface area contributed by atoms with Crippen LogP contribution in [0.2, 0.25) is 15.1 Å². The van der Waals surface area contributed by atoms with E-state index in [0.717, 1.165) is 48.5 Å². The number of aliphatic carboxylic acids is 1. The predicted octanol–water partition coefficient (Wildman–Crippen LogP) is 9.73. The van der Waals surface area contributed by atoms with Crippen molar-refractivity contribution in [3.8, 4) is 51.9 Å². The van der Waals surface area contributed by atoms with Crippen LogP contribution in [-0.2, 0) is 29.2 Å². The summed E-state index contributed by atoms with van der Waals surface area (Å²) in [5, 5.41) is 39.6. The van der Waals surface area contributed by atoms with Gasteiger partial charge in [-0.1, -0.05) is 83.3 Å². The molecule has 0 radical (unpaired) electrons. The van der Waals surface area contributed by atoms with Crippen LogP contribution >= 0.6 is 34.8 Å². The zero-order valence-corrected chi connectivity index (χ0v) is 36.2. The number of Topliss-reactive ketones (excluding diaryl/α,β-unsaturated/α-hetero) is 1. The fraction of sp³-hybridized carbons (Fsp3) is 0.312. The standard InChI is InChI=1S/C48H43Cl3N4O7/c1-47(29-56,46(58)59)14-12-34-21-41(49)45(54-44(34)61-25-32-19-30(23-52)18-31(20-32)24-53)62-26-35-4-2-6-39(42(35)50)40-7-3-5-38(43(40)51)33-8-10-37(11-9-33)60-17-16-55-27-48(28-55)15-13-36(57)22-48/h2-11,18-21,56H,12-17,22,25-29H2,1H3,(H,58,59)/t47-/m0/s1. The van der Waals surface area contributed by atoms with Crippen molar-refractivity contribution in [2.24, 2.45) is 10.8 Å². The Hall–Kier alpha value is -5.66. The summed E-state index contributed by atoms with van der Waals surface area (Å²) in [6.07, 6.45) is 2.63. The van der Waals surface area contributed by atoms with Gasteiger partial charge in [-0.25, -0.2) is 0 Å². The summed E-state index contributed by atoms with van der Waals surface area (Å²) in [7, 11) is 0. The van der Waals surface area contributed by atoms with Gasteiger partial charge in [0.15, 0.2) is 0 Å². The van der Waals surface area contributed by atoms with Crippen LogP contribution in [0.25, 0.3) is 22.3 Å². The molecule has 7 rings (SSSR count). The highest BCUT2D eigenvalue weighted by Gasteiger charge is 2.47. The average Bonchev–Trinajstić information content (AvgIpc) is 3.66. The van der Waals surface area contributed by atoms with Crippen molar-refractivity contribution in [1.82, 2.24) is 9.88 Å². The zero-order chi connectivity index (χ0) is 44.0. The van der Waals surface area contributed by atoms with E-state index in [9.17, 15) is 30.3 Å². The molecule has 1 aliphatic carbocycles. The number of aryl methyl sites for hydroxylation is 1. The SMILES string of the molecule is C[C@@](CO)(CCc1cc(Cl)c(OCc2cccc(-c3cccc(-c4ccc(OCCN5CC6(CCC(=O)C6)C5)cc4)c3Cl)c2Cl)nc1OCc1cc(C#N)cc(C#N)c1)C(=O)O. The molecular formula is C48H43Cl3N4O7. The van der Waals surface area contributed by atoms with E-state index in [0.29, 0.717) is 57.5 Å². The summed E-state index contributed by atoms with van der Waals surface area (Å²) < 4.78 is 18.3. The number of aliphatic hydroxyl groups is 1. The highest BCUT2D eigenvalue weighted by molar-refractivity contribution is 6.38. The lowest BCUT2D eigenvalue weighted by Crippen LogP contribution is -2.55. The average molecular weight is 894 g/mol. The van der Waals surface area contributed by atoms with Crippen molar-refractivity contribution in [2.75, 3.05) is 32.8 Å². The smallest absolute Gasteiger partial charge is 0.311 e. The normalized spacial score (nSPS) is 15.3. The van der Waals surface area contributed by atoms with E-state index in [1.165, 1.54) is 13.0 Å². The molecule has 0 unspecified atom stereocenters. The number of carbonyl (C=O) groups is 2. The number of rotatable bonds is 17. The van der Waals surface area contributed by atoms with Gasteiger partial charge in [0.25, 0.3) is 0 Å². The maximum Gasteiger partial charge on any atom is 0.311 e. The summed E-state index contributed by atoms with van der Waals surface area (Å²) in [5.74, 6) is 0.118. The summed E-state index contributed by atoms with van der Waals surface area (Å²) >= 11 is 20.8. The van der Waals surface area contributed by atoms with E-state index in [2.05, 4.69) is 9.88 Å². The molecule has 1 saturated carbocycles. The number of nitrogens with zero attached hydrogens (tertiary/aromatic N) is 4. The Labute approximate surface area is 375 Å². The number of ketones is 1. The van der Waals surface area contributed by atoms with Crippen LogP contribution in [-0.4, -0.2) is 64.7 Å². The molecule has 2 N–H and O–H groups in total. The van der Waals surface area contributed by atoms with E-state index in [1.54, 1.807) is 18.2 Å². The van der Waals surface area contributed by atoms with Crippen molar-refractivity contribution in [3.05, 3.63) is 128 Å². The molecule has 1 saturated heterocycles. The van der Waals surface area contributed by atoms with E-state index < -0.39 is 18.0 Å². The lowest BCUT2D eigenvalue weighted by molar-refractivity contribution is -0.150.